The molecule has 1 unspecified atom stereocenters. The molecule has 0 aliphatic carbocycles. The fourth-order valence-electron chi connectivity index (χ4n) is 3.76. The average molecular weight is 343 g/mol. The highest BCUT2D eigenvalue weighted by atomic mass is 16.1. The van der Waals surface area contributed by atoms with E-state index >= 15 is 0 Å². The lowest BCUT2D eigenvalue weighted by Gasteiger charge is -2.31. The second kappa shape index (κ2) is 8.06. The molecule has 0 radical (unpaired) electrons. The summed E-state index contributed by atoms with van der Waals surface area (Å²) in [5, 5.41) is 0.610. The zero-order chi connectivity index (χ0) is 17.8. The molecule has 25 heavy (non-hydrogen) atoms. The largest absolute Gasteiger partial charge is 0.305 e. The molecule has 0 saturated carbocycles. The highest BCUT2D eigenvalue weighted by Gasteiger charge is 2.26. The van der Waals surface area contributed by atoms with Gasteiger partial charge in [0, 0.05) is 32.4 Å². The van der Waals surface area contributed by atoms with Crippen LogP contribution in [0.3, 0.4) is 0 Å². The van der Waals surface area contributed by atoms with Crippen molar-refractivity contribution in [1.82, 2.24) is 24.3 Å². The van der Waals surface area contributed by atoms with Crippen LogP contribution in [-0.2, 0) is 6.54 Å². The van der Waals surface area contributed by atoms with Gasteiger partial charge in [0.05, 0.1) is 11.4 Å². The van der Waals surface area contributed by atoms with E-state index in [4.69, 9.17) is 4.98 Å². The molecular formula is C19H29N5O. The molecule has 1 aliphatic rings. The quantitative estimate of drug-likeness (QED) is 0.834. The van der Waals surface area contributed by atoms with E-state index in [-0.39, 0.29) is 11.6 Å². The summed E-state index contributed by atoms with van der Waals surface area (Å²) >= 11 is 0. The lowest BCUT2D eigenvalue weighted by molar-refractivity contribution is 0.180. The van der Waals surface area contributed by atoms with E-state index in [1.165, 1.54) is 0 Å². The summed E-state index contributed by atoms with van der Waals surface area (Å²) in [6.45, 7) is 9.11. The molecule has 0 spiro atoms. The Morgan fingerprint density at radius 3 is 2.80 bits per heavy atom. The maximum atomic E-state index is 12.9. The average Bonchev–Trinajstić information content (AvgIpc) is 2.84. The molecule has 0 N–H and O–H groups in total. The third kappa shape index (κ3) is 3.75. The molecule has 1 atom stereocenters. The summed E-state index contributed by atoms with van der Waals surface area (Å²) in [5.74, 6) is 0.880. The van der Waals surface area contributed by atoms with Crippen LogP contribution in [0.2, 0.25) is 0 Å². The molecule has 0 bridgehead atoms. The van der Waals surface area contributed by atoms with Crippen molar-refractivity contribution < 1.29 is 0 Å². The Bertz CT molecular complexity index is 772. The lowest BCUT2D eigenvalue weighted by Crippen LogP contribution is -2.37. The van der Waals surface area contributed by atoms with Crippen LogP contribution in [0.1, 0.15) is 45.0 Å². The molecule has 0 amide bonds. The van der Waals surface area contributed by atoms with E-state index < -0.39 is 0 Å². The zero-order valence-corrected chi connectivity index (χ0v) is 15.6. The van der Waals surface area contributed by atoms with E-state index in [1.807, 2.05) is 17.6 Å². The van der Waals surface area contributed by atoms with Crippen LogP contribution in [-0.4, -0.2) is 57.6 Å². The molecule has 1 fully saturated rings. The lowest BCUT2D eigenvalue weighted by atomic mass is 10.1. The van der Waals surface area contributed by atoms with E-state index in [1.54, 1.807) is 12.3 Å². The van der Waals surface area contributed by atoms with Gasteiger partial charge in [0.1, 0.15) is 5.82 Å². The fourth-order valence-corrected chi connectivity index (χ4v) is 3.76. The Balaban J connectivity index is 2.07. The summed E-state index contributed by atoms with van der Waals surface area (Å²) in [6.07, 6.45) is 4.94. The number of likely N-dealkylation sites (N-methyl/N-ethyl adjacent to an activating group) is 1. The maximum absolute atomic E-state index is 12.9. The summed E-state index contributed by atoms with van der Waals surface area (Å²) in [4.78, 5) is 27.0. The van der Waals surface area contributed by atoms with E-state index in [0.717, 1.165) is 51.3 Å². The maximum Gasteiger partial charge on any atom is 0.263 e. The minimum atomic E-state index is 0.0312. The van der Waals surface area contributed by atoms with E-state index in [9.17, 15) is 4.79 Å². The summed E-state index contributed by atoms with van der Waals surface area (Å²) in [7, 11) is 2.18. The first-order valence-corrected chi connectivity index (χ1v) is 9.43. The Morgan fingerprint density at radius 2 is 2.04 bits per heavy atom. The molecule has 2 aromatic heterocycles. The molecule has 0 aromatic carbocycles. The minimum absolute atomic E-state index is 0.0312. The second-order valence-corrected chi connectivity index (χ2v) is 6.89. The topological polar surface area (TPSA) is 54.3 Å². The van der Waals surface area contributed by atoms with Gasteiger partial charge in [-0.05, 0) is 45.5 Å². The minimum Gasteiger partial charge on any atom is -0.305 e. The van der Waals surface area contributed by atoms with Crippen molar-refractivity contribution in [1.29, 1.82) is 0 Å². The Morgan fingerprint density at radius 1 is 1.20 bits per heavy atom. The third-order valence-electron chi connectivity index (χ3n) is 5.13. The van der Waals surface area contributed by atoms with Gasteiger partial charge in [0.15, 0.2) is 5.65 Å². The molecule has 136 valence electrons. The second-order valence-electron chi connectivity index (χ2n) is 6.89. The van der Waals surface area contributed by atoms with Crippen LogP contribution < -0.4 is 5.56 Å². The molecule has 6 heteroatoms. The smallest absolute Gasteiger partial charge is 0.263 e. The van der Waals surface area contributed by atoms with Gasteiger partial charge in [-0.2, -0.15) is 0 Å². The van der Waals surface area contributed by atoms with Crippen molar-refractivity contribution in [3.8, 4) is 0 Å². The van der Waals surface area contributed by atoms with Crippen molar-refractivity contribution in [2.75, 3.05) is 33.2 Å². The monoisotopic (exact) mass is 343 g/mol. The van der Waals surface area contributed by atoms with Crippen LogP contribution in [0.5, 0.6) is 0 Å². The SMILES string of the molecule is CCCC(c1nc2ncccc2c(=O)n1CC)N1CCCN(C)CC1. The third-order valence-corrected chi connectivity index (χ3v) is 5.13. The normalized spacial score (nSPS) is 18.4. The van der Waals surface area contributed by atoms with Crippen molar-refractivity contribution in [2.24, 2.45) is 0 Å². The van der Waals surface area contributed by atoms with Gasteiger partial charge in [-0.1, -0.05) is 13.3 Å². The van der Waals surface area contributed by atoms with Gasteiger partial charge < -0.3 is 4.90 Å². The Labute approximate surface area is 149 Å². The Hall–Kier alpha value is -1.79. The number of aromatic nitrogens is 3. The van der Waals surface area contributed by atoms with Crippen LogP contribution in [0.25, 0.3) is 11.0 Å². The number of nitrogens with zero attached hydrogens (tertiary/aromatic N) is 5. The van der Waals surface area contributed by atoms with Crippen LogP contribution in [0, 0.1) is 0 Å². The summed E-state index contributed by atoms with van der Waals surface area (Å²) in [5.41, 5.74) is 0.601. The number of hydrogen-bond donors (Lipinski definition) is 0. The van der Waals surface area contributed by atoms with Crippen LogP contribution >= 0.6 is 0 Å². The predicted molar refractivity (Wildman–Crippen MR) is 101 cm³/mol. The highest BCUT2D eigenvalue weighted by Crippen LogP contribution is 2.26. The number of hydrogen-bond acceptors (Lipinski definition) is 5. The van der Waals surface area contributed by atoms with Gasteiger partial charge in [0.25, 0.3) is 5.56 Å². The molecule has 2 aromatic rings. The number of pyridine rings is 1. The first kappa shape index (κ1) is 18.0. The van der Waals surface area contributed by atoms with Gasteiger partial charge in [-0.15, -0.1) is 0 Å². The van der Waals surface area contributed by atoms with Gasteiger partial charge in [0.2, 0.25) is 0 Å². The van der Waals surface area contributed by atoms with Gasteiger partial charge in [-0.25, -0.2) is 9.97 Å². The molecule has 1 saturated heterocycles. The van der Waals surface area contributed by atoms with E-state index in [2.05, 4.69) is 28.8 Å². The summed E-state index contributed by atoms with van der Waals surface area (Å²) in [6, 6.07) is 3.80. The van der Waals surface area contributed by atoms with Crippen molar-refractivity contribution >= 4 is 11.0 Å². The molecule has 3 heterocycles. The first-order chi connectivity index (χ1) is 12.2. The number of fused-ring (bicyclic) bond motifs is 1. The van der Waals surface area contributed by atoms with Crippen LogP contribution in [0.15, 0.2) is 23.1 Å². The van der Waals surface area contributed by atoms with Crippen molar-refractivity contribution in [2.45, 2.75) is 45.7 Å². The molecular weight excluding hydrogens is 314 g/mol. The predicted octanol–water partition coefficient (Wildman–Crippen LogP) is 2.29. The standard InChI is InChI=1S/C19H29N5O/c1-4-8-16(23-12-7-11-22(3)13-14-23)18-21-17-15(9-6-10-20-17)19(25)24(18)5-2/h6,9-10,16H,4-5,7-8,11-14H2,1-3H3. The first-order valence-electron chi connectivity index (χ1n) is 9.43. The molecule has 6 nitrogen and oxygen atoms in total. The summed E-state index contributed by atoms with van der Waals surface area (Å²) < 4.78 is 1.85. The van der Waals surface area contributed by atoms with Crippen LogP contribution in [0.4, 0.5) is 0 Å². The number of rotatable bonds is 5. The van der Waals surface area contributed by atoms with Crippen molar-refractivity contribution in [3.63, 3.8) is 0 Å². The van der Waals surface area contributed by atoms with E-state index in [0.29, 0.717) is 17.6 Å². The highest BCUT2D eigenvalue weighted by molar-refractivity contribution is 5.73. The van der Waals surface area contributed by atoms with Crippen molar-refractivity contribution in [3.05, 3.63) is 34.5 Å². The zero-order valence-electron chi connectivity index (χ0n) is 15.6. The fraction of sp³-hybridized carbons (Fsp3) is 0.632. The molecule has 3 rings (SSSR count). The Kier molecular flexibility index (Phi) is 5.81. The van der Waals surface area contributed by atoms with Gasteiger partial charge >= 0.3 is 0 Å². The van der Waals surface area contributed by atoms with Gasteiger partial charge in [-0.3, -0.25) is 14.3 Å². The molecule has 1 aliphatic heterocycles.